The standard InChI is InChI=1S/C15H15F2NO2S/c1-9-5-4-6-13(17)14(9)18-21(19,20)15-10(2)7-12(16)8-11(15)3/h4-8,18H,1-3H3. The van der Waals surface area contributed by atoms with Crippen LogP contribution in [0.2, 0.25) is 0 Å². The van der Waals surface area contributed by atoms with Gasteiger partial charge in [0.15, 0.2) is 0 Å². The first-order valence-corrected chi connectivity index (χ1v) is 7.75. The Morgan fingerprint density at radius 2 is 1.52 bits per heavy atom. The predicted octanol–water partition coefficient (Wildman–Crippen LogP) is 3.69. The van der Waals surface area contributed by atoms with Crippen molar-refractivity contribution in [3.63, 3.8) is 0 Å². The molecule has 0 spiro atoms. The van der Waals surface area contributed by atoms with Gasteiger partial charge < -0.3 is 0 Å². The van der Waals surface area contributed by atoms with Crippen LogP contribution >= 0.6 is 0 Å². The number of benzene rings is 2. The number of para-hydroxylation sites is 1. The molecule has 0 unspecified atom stereocenters. The van der Waals surface area contributed by atoms with Crippen LogP contribution < -0.4 is 4.72 Å². The van der Waals surface area contributed by atoms with Gasteiger partial charge in [-0.05, 0) is 55.7 Å². The second-order valence-electron chi connectivity index (χ2n) is 4.91. The molecule has 6 heteroatoms. The summed E-state index contributed by atoms with van der Waals surface area (Å²) in [5, 5.41) is 0. The molecule has 3 nitrogen and oxygen atoms in total. The van der Waals surface area contributed by atoms with Crippen molar-refractivity contribution in [1.82, 2.24) is 0 Å². The third kappa shape index (κ3) is 3.05. The zero-order valence-electron chi connectivity index (χ0n) is 11.9. The number of hydrogen-bond acceptors (Lipinski definition) is 2. The monoisotopic (exact) mass is 311 g/mol. The molecule has 0 amide bonds. The number of rotatable bonds is 3. The van der Waals surface area contributed by atoms with E-state index in [4.69, 9.17) is 0 Å². The van der Waals surface area contributed by atoms with E-state index in [-0.39, 0.29) is 21.7 Å². The van der Waals surface area contributed by atoms with Crippen molar-refractivity contribution >= 4 is 15.7 Å². The molecule has 0 heterocycles. The van der Waals surface area contributed by atoms with Crippen molar-refractivity contribution in [2.24, 2.45) is 0 Å². The molecule has 0 aromatic heterocycles. The summed E-state index contributed by atoms with van der Waals surface area (Å²) in [6, 6.07) is 6.54. The fourth-order valence-corrected chi connectivity index (χ4v) is 3.86. The highest BCUT2D eigenvalue weighted by Crippen LogP contribution is 2.26. The summed E-state index contributed by atoms with van der Waals surface area (Å²) in [4.78, 5) is -0.0356. The van der Waals surface area contributed by atoms with Crippen LogP contribution in [0.1, 0.15) is 16.7 Å². The molecule has 0 radical (unpaired) electrons. The van der Waals surface area contributed by atoms with Crippen LogP contribution in [0.5, 0.6) is 0 Å². The van der Waals surface area contributed by atoms with E-state index in [1.165, 1.54) is 26.0 Å². The summed E-state index contributed by atoms with van der Waals surface area (Å²) in [5.41, 5.74) is 0.916. The molecular weight excluding hydrogens is 296 g/mol. The number of hydrogen-bond donors (Lipinski definition) is 1. The van der Waals surface area contributed by atoms with Gasteiger partial charge in [0.25, 0.3) is 10.0 Å². The van der Waals surface area contributed by atoms with E-state index in [2.05, 4.69) is 4.72 Å². The van der Waals surface area contributed by atoms with Gasteiger partial charge in [-0.25, -0.2) is 17.2 Å². The van der Waals surface area contributed by atoms with Crippen LogP contribution in [0.4, 0.5) is 14.5 Å². The molecule has 0 aliphatic heterocycles. The maximum Gasteiger partial charge on any atom is 0.262 e. The summed E-state index contributed by atoms with van der Waals surface area (Å²) >= 11 is 0. The second kappa shape index (κ2) is 5.44. The molecule has 0 saturated heterocycles. The van der Waals surface area contributed by atoms with E-state index in [1.54, 1.807) is 13.0 Å². The lowest BCUT2D eigenvalue weighted by molar-refractivity contribution is 0.595. The number of anilines is 1. The second-order valence-corrected chi connectivity index (χ2v) is 6.53. The molecule has 0 aliphatic carbocycles. The van der Waals surface area contributed by atoms with Gasteiger partial charge in [-0.3, -0.25) is 4.72 Å². The van der Waals surface area contributed by atoms with Crippen LogP contribution in [0.25, 0.3) is 0 Å². The minimum atomic E-state index is -3.99. The fraction of sp³-hybridized carbons (Fsp3) is 0.200. The zero-order valence-corrected chi connectivity index (χ0v) is 12.7. The first kappa shape index (κ1) is 15.4. The van der Waals surface area contributed by atoms with E-state index in [0.717, 1.165) is 12.1 Å². The highest BCUT2D eigenvalue weighted by atomic mass is 32.2. The maximum absolute atomic E-state index is 13.8. The van der Waals surface area contributed by atoms with Crippen molar-refractivity contribution in [3.8, 4) is 0 Å². The van der Waals surface area contributed by atoms with Crippen LogP contribution in [-0.2, 0) is 10.0 Å². The number of sulfonamides is 1. The predicted molar refractivity (Wildman–Crippen MR) is 77.8 cm³/mol. The highest BCUT2D eigenvalue weighted by Gasteiger charge is 2.22. The van der Waals surface area contributed by atoms with E-state index in [0.29, 0.717) is 5.56 Å². The van der Waals surface area contributed by atoms with Crippen molar-refractivity contribution in [2.45, 2.75) is 25.7 Å². The lowest BCUT2D eigenvalue weighted by Crippen LogP contribution is -2.17. The minimum absolute atomic E-state index is 0.0356. The Morgan fingerprint density at radius 1 is 0.952 bits per heavy atom. The Bertz CT molecular complexity index is 758. The van der Waals surface area contributed by atoms with E-state index >= 15 is 0 Å². The number of halogens is 2. The SMILES string of the molecule is Cc1cccc(F)c1NS(=O)(=O)c1c(C)cc(F)cc1C. The third-order valence-electron chi connectivity index (χ3n) is 3.15. The van der Waals surface area contributed by atoms with Gasteiger partial charge in [-0.2, -0.15) is 0 Å². The molecule has 0 bridgehead atoms. The summed E-state index contributed by atoms with van der Waals surface area (Å²) < 4.78 is 54.2. The normalized spacial score (nSPS) is 11.5. The molecule has 2 rings (SSSR count). The lowest BCUT2D eigenvalue weighted by atomic mass is 10.1. The summed E-state index contributed by atoms with van der Waals surface area (Å²) in [5.74, 6) is -1.16. The van der Waals surface area contributed by atoms with Gasteiger partial charge in [-0.15, -0.1) is 0 Å². The number of aryl methyl sites for hydroxylation is 3. The van der Waals surface area contributed by atoms with Crippen molar-refractivity contribution in [3.05, 3.63) is 58.7 Å². The number of nitrogens with one attached hydrogen (secondary N) is 1. The quantitative estimate of drug-likeness (QED) is 0.939. The van der Waals surface area contributed by atoms with Gasteiger partial charge in [-0.1, -0.05) is 12.1 Å². The Balaban J connectivity index is 2.54. The molecule has 0 fully saturated rings. The smallest absolute Gasteiger partial charge is 0.262 e. The molecular formula is C15H15F2NO2S. The average Bonchev–Trinajstić information content (AvgIpc) is 2.32. The molecule has 112 valence electrons. The minimum Gasteiger partial charge on any atom is -0.276 e. The molecule has 1 N–H and O–H groups in total. The Kier molecular flexibility index (Phi) is 4.00. The van der Waals surface area contributed by atoms with E-state index in [9.17, 15) is 17.2 Å². The topological polar surface area (TPSA) is 46.2 Å². The van der Waals surface area contributed by atoms with Gasteiger partial charge in [0.1, 0.15) is 11.6 Å². The van der Waals surface area contributed by atoms with Crippen molar-refractivity contribution < 1.29 is 17.2 Å². The Labute approximate surface area is 122 Å². The first-order chi connectivity index (χ1) is 9.72. The largest absolute Gasteiger partial charge is 0.276 e. The zero-order chi connectivity index (χ0) is 15.8. The Morgan fingerprint density at radius 3 is 2.05 bits per heavy atom. The van der Waals surface area contributed by atoms with Crippen LogP contribution in [0, 0.1) is 32.4 Å². The molecule has 2 aromatic rings. The maximum atomic E-state index is 13.8. The van der Waals surface area contributed by atoms with E-state index < -0.39 is 21.7 Å². The molecule has 0 atom stereocenters. The van der Waals surface area contributed by atoms with Gasteiger partial charge in [0.05, 0.1) is 10.6 Å². The van der Waals surface area contributed by atoms with Crippen LogP contribution in [-0.4, -0.2) is 8.42 Å². The Hall–Kier alpha value is -1.95. The first-order valence-electron chi connectivity index (χ1n) is 6.27. The summed E-state index contributed by atoms with van der Waals surface area (Å²) in [6.07, 6.45) is 0. The third-order valence-corrected chi connectivity index (χ3v) is 4.81. The van der Waals surface area contributed by atoms with E-state index in [1.807, 2.05) is 0 Å². The summed E-state index contributed by atoms with van der Waals surface area (Å²) in [7, 11) is -3.99. The van der Waals surface area contributed by atoms with Crippen molar-refractivity contribution in [2.75, 3.05) is 4.72 Å². The lowest BCUT2D eigenvalue weighted by Gasteiger charge is -2.15. The van der Waals surface area contributed by atoms with Gasteiger partial charge in [0, 0.05) is 0 Å². The van der Waals surface area contributed by atoms with Gasteiger partial charge in [0.2, 0.25) is 0 Å². The molecule has 21 heavy (non-hydrogen) atoms. The molecule has 2 aromatic carbocycles. The molecule has 0 aliphatic rings. The summed E-state index contributed by atoms with van der Waals surface area (Å²) in [6.45, 7) is 4.60. The van der Waals surface area contributed by atoms with Crippen molar-refractivity contribution in [1.29, 1.82) is 0 Å². The molecule has 0 saturated carbocycles. The van der Waals surface area contributed by atoms with Crippen LogP contribution in [0.3, 0.4) is 0 Å². The van der Waals surface area contributed by atoms with Crippen LogP contribution in [0.15, 0.2) is 35.2 Å². The average molecular weight is 311 g/mol. The fourth-order valence-electron chi connectivity index (χ4n) is 2.27. The highest BCUT2D eigenvalue weighted by molar-refractivity contribution is 7.92. The van der Waals surface area contributed by atoms with Gasteiger partial charge >= 0.3 is 0 Å².